The molecule has 0 aliphatic carbocycles. The van der Waals surface area contributed by atoms with Crippen molar-refractivity contribution < 1.29 is 4.79 Å². The molecule has 0 spiro atoms. The van der Waals surface area contributed by atoms with Crippen LogP contribution in [-0.2, 0) is 11.3 Å². The fourth-order valence-corrected chi connectivity index (χ4v) is 3.06. The Kier molecular flexibility index (Phi) is 3.45. The lowest BCUT2D eigenvalue weighted by atomic mass is 9.86. The number of anilines is 1. The topological polar surface area (TPSA) is 88.5 Å². The van der Waals surface area contributed by atoms with Gasteiger partial charge in [0.2, 0.25) is 5.91 Å². The molecule has 0 aromatic carbocycles. The number of rotatable bonds is 4. The fourth-order valence-electron chi connectivity index (χ4n) is 3.06. The summed E-state index contributed by atoms with van der Waals surface area (Å²) in [5, 5.41) is 14.5. The largest absolute Gasteiger partial charge is 0.309 e. The lowest BCUT2D eigenvalue weighted by Gasteiger charge is -2.22. The smallest absolute Gasteiger partial charge is 0.226 e. The van der Waals surface area contributed by atoms with E-state index in [2.05, 4.69) is 32.2 Å². The van der Waals surface area contributed by atoms with Crippen LogP contribution in [0.2, 0.25) is 0 Å². The fraction of sp³-hybridized carbons (Fsp3) is 0.176. The van der Waals surface area contributed by atoms with Gasteiger partial charge in [-0.2, -0.15) is 10.2 Å². The quantitative estimate of drug-likeness (QED) is 0.722. The Hall–Kier alpha value is -3.22. The van der Waals surface area contributed by atoms with E-state index < -0.39 is 0 Å². The second-order valence-corrected chi connectivity index (χ2v) is 5.69. The van der Waals surface area contributed by atoms with Gasteiger partial charge in [-0.1, -0.05) is 6.08 Å². The van der Waals surface area contributed by atoms with Crippen LogP contribution in [0.5, 0.6) is 0 Å². The minimum absolute atomic E-state index is 0.0480. The number of carbonyl (C=O) groups is 1. The maximum atomic E-state index is 12.1. The van der Waals surface area contributed by atoms with E-state index in [1.807, 2.05) is 18.3 Å². The molecule has 0 bridgehead atoms. The first kappa shape index (κ1) is 14.4. The van der Waals surface area contributed by atoms with Gasteiger partial charge in [0.25, 0.3) is 0 Å². The van der Waals surface area contributed by atoms with Crippen LogP contribution in [0.1, 0.15) is 23.5 Å². The zero-order chi connectivity index (χ0) is 16.5. The maximum Gasteiger partial charge on any atom is 0.226 e. The Bertz CT molecular complexity index is 895. The summed E-state index contributed by atoms with van der Waals surface area (Å²) in [6, 6.07) is 3.84. The lowest BCUT2D eigenvalue weighted by molar-refractivity contribution is -0.116. The number of hydrogen-bond acceptors (Lipinski definition) is 4. The second-order valence-electron chi connectivity index (χ2n) is 5.69. The summed E-state index contributed by atoms with van der Waals surface area (Å²) in [5.74, 6) is 0.432. The highest BCUT2D eigenvalue weighted by atomic mass is 16.1. The molecule has 0 fully saturated rings. The van der Waals surface area contributed by atoms with Crippen molar-refractivity contribution in [1.82, 2.24) is 25.0 Å². The van der Waals surface area contributed by atoms with Crippen LogP contribution in [0.4, 0.5) is 5.82 Å². The van der Waals surface area contributed by atoms with E-state index in [0.717, 1.165) is 22.4 Å². The van der Waals surface area contributed by atoms with Crippen LogP contribution in [0, 0.1) is 0 Å². The maximum absolute atomic E-state index is 12.1. The second kappa shape index (κ2) is 5.77. The Morgan fingerprint density at radius 3 is 3.12 bits per heavy atom. The third kappa shape index (κ3) is 2.40. The molecule has 24 heavy (non-hydrogen) atoms. The molecule has 0 saturated carbocycles. The molecule has 1 unspecified atom stereocenters. The summed E-state index contributed by atoms with van der Waals surface area (Å²) in [6.07, 6.45) is 9.41. The zero-order valence-electron chi connectivity index (χ0n) is 12.9. The van der Waals surface area contributed by atoms with Crippen molar-refractivity contribution in [3.8, 4) is 11.3 Å². The molecular formula is C17H16N6O. The summed E-state index contributed by atoms with van der Waals surface area (Å²) in [7, 11) is 0. The van der Waals surface area contributed by atoms with E-state index in [4.69, 9.17) is 0 Å². The van der Waals surface area contributed by atoms with Crippen LogP contribution in [-0.4, -0.2) is 30.9 Å². The highest BCUT2D eigenvalue weighted by Crippen LogP contribution is 2.41. The summed E-state index contributed by atoms with van der Waals surface area (Å²) >= 11 is 0. The average Bonchev–Trinajstić information content (AvgIpc) is 3.22. The highest BCUT2D eigenvalue weighted by molar-refractivity contribution is 5.96. The van der Waals surface area contributed by atoms with E-state index in [9.17, 15) is 4.79 Å². The van der Waals surface area contributed by atoms with Gasteiger partial charge >= 0.3 is 0 Å². The first-order chi connectivity index (χ1) is 11.8. The number of aromatic nitrogens is 5. The molecule has 1 atom stereocenters. The number of nitrogens with one attached hydrogen (secondary N) is 2. The van der Waals surface area contributed by atoms with Crippen LogP contribution >= 0.6 is 0 Å². The summed E-state index contributed by atoms with van der Waals surface area (Å²) < 4.78 is 1.80. The molecule has 3 aromatic rings. The number of hydrogen-bond donors (Lipinski definition) is 2. The normalized spacial score (nSPS) is 16.5. The zero-order valence-corrected chi connectivity index (χ0v) is 12.9. The van der Waals surface area contributed by atoms with E-state index in [1.54, 1.807) is 29.3 Å². The van der Waals surface area contributed by atoms with Gasteiger partial charge in [-0.25, -0.2) is 0 Å². The Balaban J connectivity index is 1.81. The van der Waals surface area contributed by atoms with Gasteiger partial charge < -0.3 is 5.32 Å². The Morgan fingerprint density at radius 2 is 2.33 bits per heavy atom. The Labute approximate surface area is 138 Å². The van der Waals surface area contributed by atoms with Gasteiger partial charge in [0, 0.05) is 42.1 Å². The number of allylic oxidation sites excluding steroid dienone is 1. The molecule has 120 valence electrons. The summed E-state index contributed by atoms with van der Waals surface area (Å²) in [4.78, 5) is 16.2. The highest BCUT2D eigenvalue weighted by Gasteiger charge is 2.32. The molecule has 2 N–H and O–H groups in total. The molecule has 7 nitrogen and oxygen atoms in total. The molecule has 4 rings (SSSR count). The molecule has 1 amide bonds. The van der Waals surface area contributed by atoms with Gasteiger partial charge in [0.1, 0.15) is 0 Å². The van der Waals surface area contributed by atoms with E-state index in [0.29, 0.717) is 18.8 Å². The van der Waals surface area contributed by atoms with E-state index >= 15 is 0 Å². The monoisotopic (exact) mass is 320 g/mol. The van der Waals surface area contributed by atoms with Crippen molar-refractivity contribution in [1.29, 1.82) is 0 Å². The molecule has 1 aliphatic heterocycles. The minimum atomic E-state index is -0.0960. The molecule has 3 aromatic heterocycles. The molecule has 1 aliphatic rings. The molecule has 4 heterocycles. The first-order valence-corrected chi connectivity index (χ1v) is 7.68. The number of amides is 1. The van der Waals surface area contributed by atoms with E-state index in [1.165, 1.54) is 0 Å². The van der Waals surface area contributed by atoms with Crippen molar-refractivity contribution in [3.05, 3.63) is 60.7 Å². The summed E-state index contributed by atoms with van der Waals surface area (Å²) in [5.41, 5.74) is 3.77. The van der Waals surface area contributed by atoms with Crippen LogP contribution in [0.3, 0.4) is 0 Å². The van der Waals surface area contributed by atoms with Gasteiger partial charge in [0.05, 0.1) is 18.4 Å². The number of nitrogens with zero attached hydrogens (tertiary/aromatic N) is 4. The van der Waals surface area contributed by atoms with Crippen molar-refractivity contribution in [2.24, 2.45) is 0 Å². The number of H-pyrrole nitrogens is 1. The number of pyridine rings is 1. The van der Waals surface area contributed by atoms with Crippen molar-refractivity contribution >= 4 is 11.7 Å². The Morgan fingerprint density at radius 1 is 1.42 bits per heavy atom. The third-order valence-corrected chi connectivity index (χ3v) is 4.12. The van der Waals surface area contributed by atoms with Crippen LogP contribution in [0.15, 0.2) is 49.6 Å². The molecule has 0 saturated heterocycles. The van der Waals surface area contributed by atoms with Crippen LogP contribution in [0.25, 0.3) is 11.3 Å². The van der Waals surface area contributed by atoms with Gasteiger partial charge in [-0.05, 0) is 17.7 Å². The predicted octanol–water partition coefficient (Wildman–Crippen LogP) is 2.33. The number of aromatic amines is 1. The molecule has 0 radical (unpaired) electrons. The number of carbonyl (C=O) groups excluding carboxylic acids is 1. The van der Waals surface area contributed by atoms with Crippen LogP contribution < -0.4 is 5.32 Å². The predicted molar refractivity (Wildman–Crippen MR) is 89.3 cm³/mol. The van der Waals surface area contributed by atoms with E-state index in [-0.39, 0.29) is 11.8 Å². The number of fused-ring (bicyclic) bond motifs is 1. The van der Waals surface area contributed by atoms with Crippen molar-refractivity contribution in [3.63, 3.8) is 0 Å². The average molecular weight is 320 g/mol. The third-order valence-electron chi connectivity index (χ3n) is 4.12. The summed E-state index contributed by atoms with van der Waals surface area (Å²) in [6.45, 7) is 4.36. The van der Waals surface area contributed by atoms with Crippen molar-refractivity contribution in [2.45, 2.75) is 18.9 Å². The van der Waals surface area contributed by atoms with Gasteiger partial charge in [-0.15, -0.1) is 6.58 Å². The standard InChI is InChI=1S/C17H16N6O/c1-2-6-23-10-12(9-19-23)13-7-14(24)20-17-15(13)16(21-22-17)11-4-3-5-18-8-11/h2-5,8-10,13H,1,6-7H2,(H2,20,21,22,24). The first-order valence-electron chi connectivity index (χ1n) is 7.68. The van der Waals surface area contributed by atoms with Gasteiger partial charge in [0.15, 0.2) is 5.82 Å². The van der Waals surface area contributed by atoms with Gasteiger partial charge in [-0.3, -0.25) is 19.6 Å². The molecule has 7 heteroatoms. The lowest BCUT2D eigenvalue weighted by Crippen LogP contribution is -2.23. The SMILES string of the molecule is C=CCn1cc(C2CC(=O)Nc3n[nH]c(-c4cccnc4)c32)cn1. The van der Waals surface area contributed by atoms with Crippen molar-refractivity contribution in [2.75, 3.05) is 5.32 Å². The molecular weight excluding hydrogens is 304 g/mol. The minimum Gasteiger partial charge on any atom is -0.309 e.